The van der Waals surface area contributed by atoms with E-state index in [0.29, 0.717) is 57.3 Å². The molecule has 1 heterocycles. The number of aromatic nitrogens is 2. The van der Waals surface area contributed by atoms with E-state index in [9.17, 15) is 9.18 Å². The molecule has 1 aliphatic rings. The SMILES string of the molecule is CC1(C)CC(=O)c2c(nc(Nc3ccc(F)cc3)nc2Nc2cc(Cl)cc(Cl)c2)C1. The summed E-state index contributed by atoms with van der Waals surface area (Å²) < 4.78 is 13.2. The quantitative estimate of drug-likeness (QED) is 0.476. The van der Waals surface area contributed by atoms with E-state index in [4.69, 9.17) is 23.2 Å². The van der Waals surface area contributed by atoms with Crippen LogP contribution in [0.15, 0.2) is 42.5 Å². The van der Waals surface area contributed by atoms with E-state index in [-0.39, 0.29) is 17.0 Å². The Labute approximate surface area is 183 Å². The van der Waals surface area contributed by atoms with E-state index in [1.165, 1.54) is 12.1 Å². The van der Waals surface area contributed by atoms with Gasteiger partial charge >= 0.3 is 0 Å². The summed E-state index contributed by atoms with van der Waals surface area (Å²) in [6, 6.07) is 10.9. The van der Waals surface area contributed by atoms with Crippen LogP contribution in [0.3, 0.4) is 0 Å². The number of halogens is 3. The maximum Gasteiger partial charge on any atom is 0.229 e. The molecule has 3 aromatic rings. The summed E-state index contributed by atoms with van der Waals surface area (Å²) in [5, 5.41) is 7.17. The van der Waals surface area contributed by atoms with Crippen LogP contribution in [-0.4, -0.2) is 15.8 Å². The summed E-state index contributed by atoms with van der Waals surface area (Å²) in [7, 11) is 0. The lowest BCUT2D eigenvalue weighted by Gasteiger charge is -2.30. The molecule has 0 saturated heterocycles. The van der Waals surface area contributed by atoms with Crippen molar-refractivity contribution < 1.29 is 9.18 Å². The molecular formula is C22H19Cl2FN4O. The van der Waals surface area contributed by atoms with Crippen molar-refractivity contribution in [3.8, 4) is 0 Å². The van der Waals surface area contributed by atoms with E-state index >= 15 is 0 Å². The van der Waals surface area contributed by atoms with Gasteiger partial charge in [0.15, 0.2) is 5.78 Å². The number of carbonyl (C=O) groups is 1. The Kier molecular flexibility index (Phi) is 5.38. The predicted molar refractivity (Wildman–Crippen MR) is 118 cm³/mol. The van der Waals surface area contributed by atoms with E-state index in [0.717, 1.165) is 0 Å². The van der Waals surface area contributed by atoms with Gasteiger partial charge in [0.2, 0.25) is 5.95 Å². The van der Waals surface area contributed by atoms with E-state index < -0.39 is 0 Å². The summed E-state index contributed by atoms with van der Waals surface area (Å²) in [6.45, 7) is 4.07. The number of nitrogens with one attached hydrogen (secondary N) is 2. The number of hydrogen-bond acceptors (Lipinski definition) is 5. The van der Waals surface area contributed by atoms with Crippen molar-refractivity contribution in [3.63, 3.8) is 0 Å². The molecule has 2 N–H and O–H groups in total. The Balaban J connectivity index is 1.78. The highest BCUT2D eigenvalue weighted by Crippen LogP contribution is 2.38. The van der Waals surface area contributed by atoms with Gasteiger partial charge in [-0.1, -0.05) is 37.0 Å². The lowest BCUT2D eigenvalue weighted by Crippen LogP contribution is -2.29. The summed E-state index contributed by atoms with van der Waals surface area (Å²) in [5.74, 6) is 0.328. The Bertz CT molecular complexity index is 1110. The van der Waals surface area contributed by atoms with Crippen LogP contribution in [0.4, 0.5) is 27.5 Å². The molecule has 0 aliphatic heterocycles. The predicted octanol–water partition coefficient (Wildman–Crippen LogP) is 6.56. The topological polar surface area (TPSA) is 66.9 Å². The first kappa shape index (κ1) is 20.6. The van der Waals surface area contributed by atoms with Crippen LogP contribution in [0.25, 0.3) is 0 Å². The van der Waals surface area contributed by atoms with Crippen molar-refractivity contribution in [2.45, 2.75) is 26.7 Å². The average Bonchev–Trinajstić information content (AvgIpc) is 2.61. The van der Waals surface area contributed by atoms with Gasteiger partial charge < -0.3 is 10.6 Å². The van der Waals surface area contributed by atoms with Crippen LogP contribution in [0, 0.1) is 11.2 Å². The number of carbonyl (C=O) groups excluding carboxylic acids is 1. The molecular weight excluding hydrogens is 426 g/mol. The first-order valence-electron chi connectivity index (χ1n) is 9.38. The first-order valence-corrected chi connectivity index (χ1v) is 10.1. The molecule has 0 spiro atoms. The van der Waals surface area contributed by atoms with Crippen LogP contribution in [0.2, 0.25) is 10.0 Å². The molecule has 154 valence electrons. The van der Waals surface area contributed by atoms with Crippen LogP contribution < -0.4 is 10.6 Å². The Hall–Kier alpha value is -2.70. The second kappa shape index (κ2) is 7.85. The summed E-state index contributed by atoms with van der Waals surface area (Å²) in [4.78, 5) is 22.0. The molecule has 30 heavy (non-hydrogen) atoms. The van der Waals surface area contributed by atoms with Crippen molar-refractivity contribution in [2.24, 2.45) is 5.41 Å². The number of ketones is 1. The van der Waals surface area contributed by atoms with Gasteiger partial charge in [0.1, 0.15) is 11.6 Å². The zero-order valence-corrected chi connectivity index (χ0v) is 17.9. The third-order valence-electron chi connectivity index (χ3n) is 4.77. The summed E-state index contributed by atoms with van der Waals surface area (Å²) in [5.41, 5.74) is 2.16. The molecule has 0 bridgehead atoms. The van der Waals surface area contributed by atoms with Gasteiger partial charge in [-0.25, -0.2) is 9.37 Å². The van der Waals surface area contributed by atoms with Crippen molar-refractivity contribution in [2.75, 3.05) is 10.6 Å². The molecule has 4 rings (SSSR count). The fraction of sp³-hybridized carbons (Fsp3) is 0.227. The van der Waals surface area contributed by atoms with E-state index in [1.54, 1.807) is 30.3 Å². The molecule has 5 nitrogen and oxygen atoms in total. The minimum atomic E-state index is -0.334. The smallest absolute Gasteiger partial charge is 0.229 e. The van der Waals surface area contributed by atoms with Crippen molar-refractivity contribution >= 4 is 52.1 Å². The summed E-state index contributed by atoms with van der Waals surface area (Å²) >= 11 is 12.2. The second-order valence-electron chi connectivity index (χ2n) is 8.07. The number of fused-ring (bicyclic) bond motifs is 1. The number of benzene rings is 2. The minimum absolute atomic E-state index is 0.0230. The molecule has 0 fully saturated rings. The second-order valence-corrected chi connectivity index (χ2v) is 8.95. The van der Waals surface area contributed by atoms with E-state index in [1.807, 2.05) is 13.8 Å². The minimum Gasteiger partial charge on any atom is -0.339 e. The number of anilines is 4. The van der Waals surface area contributed by atoms with Gasteiger partial charge in [0.05, 0.1) is 11.3 Å². The van der Waals surface area contributed by atoms with Gasteiger partial charge in [-0.2, -0.15) is 4.98 Å². The van der Waals surface area contributed by atoms with Crippen LogP contribution in [0.1, 0.15) is 36.3 Å². The van der Waals surface area contributed by atoms with Gasteiger partial charge in [0.25, 0.3) is 0 Å². The van der Waals surface area contributed by atoms with Crippen molar-refractivity contribution in [1.82, 2.24) is 9.97 Å². The molecule has 0 atom stereocenters. The van der Waals surface area contributed by atoms with Gasteiger partial charge in [0, 0.05) is 27.8 Å². The summed E-state index contributed by atoms with van der Waals surface area (Å²) in [6.07, 6.45) is 1.03. The molecule has 0 radical (unpaired) electrons. The van der Waals surface area contributed by atoms with Crippen molar-refractivity contribution in [1.29, 1.82) is 0 Å². The normalized spacial score (nSPS) is 14.9. The molecule has 8 heteroatoms. The molecule has 2 aromatic carbocycles. The molecule has 1 aliphatic carbocycles. The highest BCUT2D eigenvalue weighted by Gasteiger charge is 2.35. The lowest BCUT2D eigenvalue weighted by atomic mass is 9.75. The third-order valence-corrected chi connectivity index (χ3v) is 5.21. The maximum atomic E-state index is 13.2. The Morgan fingerprint density at radius 2 is 1.60 bits per heavy atom. The highest BCUT2D eigenvalue weighted by atomic mass is 35.5. The zero-order chi connectivity index (χ0) is 21.5. The number of Topliss-reactive ketones (excluding diaryl/α,β-unsaturated/α-hetero) is 1. The van der Waals surface area contributed by atoms with Gasteiger partial charge in [-0.3, -0.25) is 4.79 Å². The first-order chi connectivity index (χ1) is 14.2. The number of nitrogens with zero attached hydrogens (tertiary/aromatic N) is 2. The van der Waals surface area contributed by atoms with Crippen LogP contribution >= 0.6 is 23.2 Å². The largest absolute Gasteiger partial charge is 0.339 e. The molecule has 0 unspecified atom stereocenters. The third kappa shape index (κ3) is 4.55. The molecule has 0 saturated carbocycles. The Morgan fingerprint density at radius 3 is 2.27 bits per heavy atom. The van der Waals surface area contributed by atoms with Gasteiger partial charge in [-0.05, 0) is 54.3 Å². The number of hydrogen-bond donors (Lipinski definition) is 2. The monoisotopic (exact) mass is 444 g/mol. The standard InChI is InChI=1S/C22H19Cl2FN4O/c1-22(2)10-17-19(18(30)11-22)20(26-16-8-12(23)7-13(24)9-16)29-21(28-17)27-15-5-3-14(25)4-6-15/h3-9H,10-11H2,1-2H3,(H2,26,27,28,29). The van der Waals surface area contributed by atoms with Crippen molar-refractivity contribution in [3.05, 3.63) is 69.6 Å². The molecule has 1 aromatic heterocycles. The Morgan fingerprint density at radius 1 is 0.933 bits per heavy atom. The fourth-order valence-electron chi connectivity index (χ4n) is 3.54. The number of rotatable bonds is 4. The zero-order valence-electron chi connectivity index (χ0n) is 16.4. The molecule has 0 amide bonds. The van der Waals surface area contributed by atoms with Crippen LogP contribution in [0.5, 0.6) is 0 Å². The van der Waals surface area contributed by atoms with E-state index in [2.05, 4.69) is 20.6 Å². The van der Waals surface area contributed by atoms with Gasteiger partial charge in [-0.15, -0.1) is 0 Å². The van der Waals surface area contributed by atoms with Crippen LogP contribution in [-0.2, 0) is 6.42 Å². The maximum absolute atomic E-state index is 13.2. The highest BCUT2D eigenvalue weighted by molar-refractivity contribution is 6.35. The fourth-order valence-corrected chi connectivity index (χ4v) is 4.06. The average molecular weight is 445 g/mol. The lowest BCUT2D eigenvalue weighted by molar-refractivity contribution is 0.0911.